The molecule has 1 fully saturated rings. The zero-order chi connectivity index (χ0) is 25.1. The van der Waals surface area contributed by atoms with Crippen LogP contribution in [0.5, 0.6) is 0 Å². The quantitative estimate of drug-likeness (QED) is 0.254. The lowest BCUT2D eigenvalue weighted by Crippen LogP contribution is -2.42. The molecule has 0 saturated carbocycles. The molecule has 4 rings (SSSR count). The Balaban J connectivity index is 1.52. The number of benzene rings is 1. The van der Waals surface area contributed by atoms with Crippen LogP contribution in [0.15, 0.2) is 36.9 Å². The van der Waals surface area contributed by atoms with Crippen molar-refractivity contribution >= 4 is 23.0 Å². The Labute approximate surface area is 200 Å². The fourth-order valence-electron chi connectivity index (χ4n) is 4.04. The third-order valence-electron chi connectivity index (χ3n) is 6.00. The van der Waals surface area contributed by atoms with Crippen LogP contribution in [0.4, 0.5) is 5.82 Å². The molecule has 1 aliphatic rings. The standard InChI is InChI=1S/C22H26N8O5/c23-7-12-1-3-13(4-2-12)8-29(6-5-14(24)22(33)34)9-15-17(31)18(32)21(35-15)30-11-28-16-19(25)26-10-27-20(16)30/h1-4,10-11,14-15,17-18,21,31-32H,5-6,8-9,24H2,(H,33,34)(H2,25,26,27)/t14-,15+,17+,18+,21+/m0/s1. The van der Waals surface area contributed by atoms with Gasteiger partial charge in [0.05, 0.1) is 18.0 Å². The van der Waals surface area contributed by atoms with Crippen molar-refractivity contribution in [3.05, 3.63) is 48.0 Å². The maximum Gasteiger partial charge on any atom is 0.320 e. The van der Waals surface area contributed by atoms with E-state index in [1.807, 2.05) is 4.90 Å². The molecule has 3 heterocycles. The van der Waals surface area contributed by atoms with Gasteiger partial charge in [0.25, 0.3) is 0 Å². The van der Waals surface area contributed by atoms with E-state index in [-0.39, 0.29) is 18.8 Å². The number of hydrogen-bond donors (Lipinski definition) is 5. The van der Waals surface area contributed by atoms with Crippen LogP contribution in [0.25, 0.3) is 11.2 Å². The van der Waals surface area contributed by atoms with Crippen LogP contribution < -0.4 is 11.5 Å². The number of carbonyl (C=O) groups is 1. The van der Waals surface area contributed by atoms with Crippen molar-refractivity contribution in [2.75, 3.05) is 18.8 Å². The van der Waals surface area contributed by atoms with E-state index in [9.17, 15) is 15.0 Å². The molecule has 1 aliphatic heterocycles. The van der Waals surface area contributed by atoms with Crippen LogP contribution in [0.1, 0.15) is 23.8 Å². The highest BCUT2D eigenvalue weighted by atomic mass is 16.6. The number of nitrogens with two attached hydrogens (primary N) is 2. The number of ether oxygens (including phenoxy) is 1. The fraction of sp³-hybridized carbons (Fsp3) is 0.409. The summed E-state index contributed by atoms with van der Waals surface area (Å²) < 4.78 is 7.52. The SMILES string of the molecule is N#Cc1ccc(CN(CC[C@H](N)C(=O)O)C[C@H]2O[C@@H](n3cnc4c(N)ncnc43)[C@H](O)[C@@H]2O)cc1. The summed E-state index contributed by atoms with van der Waals surface area (Å²) in [6, 6.07) is 7.99. The molecule has 184 valence electrons. The van der Waals surface area contributed by atoms with Crippen LogP contribution in [0.3, 0.4) is 0 Å². The first-order valence-electron chi connectivity index (χ1n) is 10.9. The van der Waals surface area contributed by atoms with Gasteiger partial charge in [-0.05, 0) is 24.1 Å². The first kappa shape index (κ1) is 24.5. The van der Waals surface area contributed by atoms with Crippen LogP contribution in [-0.2, 0) is 16.1 Å². The van der Waals surface area contributed by atoms with Crippen molar-refractivity contribution < 1.29 is 24.9 Å². The summed E-state index contributed by atoms with van der Waals surface area (Å²) in [5.41, 5.74) is 13.6. The molecule has 2 aromatic heterocycles. The third kappa shape index (κ3) is 5.21. The monoisotopic (exact) mass is 482 g/mol. The maximum absolute atomic E-state index is 11.2. The van der Waals surface area contributed by atoms with E-state index in [0.717, 1.165) is 5.56 Å². The Hall–Kier alpha value is -3.67. The molecule has 0 bridgehead atoms. The summed E-state index contributed by atoms with van der Waals surface area (Å²) in [5, 5.41) is 39.7. The number of hydrogen-bond acceptors (Lipinski definition) is 11. The number of aliphatic hydroxyl groups excluding tert-OH is 2. The minimum absolute atomic E-state index is 0.169. The van der Waals surface area contributed by atoms with Gasteiger partial charge in [-0.2, -0.15) is 5.26 Å². The van der Waals surface area contributed by atoms with Gasteiger partial charge in [0, 0.05) is 19.6 Å². The zero-order valence-electron chi connectivity index (χ0n) is 18.7. The van der Waals surface area contributed by atoms with Gasteiger partial charge < -0.3 is 31.5 Å². The summed E-state index contributed by atoms with van der Waals surface area (Å²) >= 11 is 0. The summed E-state index contributed by atoms with van der Waals surface area (Å²) in [5.74, 6) is -0.925. The van der Waals surface area contributed by atoms with Gasteiger partial charge >= 0.3 is 5.97 Å². The molecule has 0 unspecified atom stereocenters. The maximum atomic E-state index is 11.2. The van der Waals surface area contributed by atoms with Gasteiger partial charge in [-0.1, -0.05) is 12.1 Å². The molecule has 0 spiro atoms. The molecule has 3 aromatic rings. The second-order valence-corrected chi connectivity index (χ2v) is 8.41. The number of imidazole rings is 1. The highest BCUT2D eigenvalue weighted by molar-refractivity contribution is 5.81. The Morgan fingerprint density at radius 2 is 1.97 bits per heavy atom. The number of nitrogen functional groups attached to an aromatic ring is 1. The van der Waals surface area contributed by atoms with Crippen molar-refractivity contribution in [3.8, 4) is 6.07 Å². The number of fused-ring (bicyclic) bond motifs is 1. The summed E-state index contributed by atoms with van der Waals surface area (Å²) in [6.07, 6.45) is -1.41. The average molecular weight is 483 g/mol. The predicted molar refractivity (Wildman–Crippen MR) is 122 cm³/mol. The number of carboxylic acids is 1. The Bertz CT molecular complexity index is 1230. The van der Waals surface area contributed by atoms with E-state index in [0.29, 0.717) is 29.8 Å². The topological polar surface area (TPSA) is 210 Å². The molecule has 1 aromatic carbocycles. The molecule has 13 nitrogen and oxygen atoms in total. The van der Waals surface area contributed by atoms with Gasteiger partial charge in [-0.25, -0.2) is 15.0 Å². The third-order valence-corrected chi connectivity index (χ3v) is 6.00. The Kier molecular flexibility index (Phi) is 7.20. The largest absolute Gasteiger partial charge is 0.480 e. The molecule has 35 heavy (non-hydrogen) atoms. The number of nitriles is 1. The van der Waals surface area contributed by atoms with Crippen LogP contribution in [-0.4, -0.2) is 83.2 Å². The van der Waals surface area contributed by atoms with Crippen molar-refractivity contribution in [3.63, 3.8) is 0 Å². The number of rotatable bonds is 9. The molecule has 7 N–H and O–H groups in total. The summed E-state index contributed by atoms with van der Waals surface area (Å²) in [7, 11) is 0. The van der Waals surface area contributed by atoms with E-state index in [2.05, 4.69) is 21.0 Å². The Morgan fingerprint density at radius 3 is 2.66 bits per heavy atom. The number of nitrogens with zero attached hydrogens (tertiary/aromatic N) is 6. The first-order chi connectivity index (χ1) is 16.8. The summed E-state index contributed by atoms with van der Waals surface area (Å²) in [4.78, 5) is 25.3. The van der Waals surface area contributed by atoms with Crippen LogP contribution in [0, 0.1) is 11.3 Å². The van der Waals surface area contributed by atoms with E-state index in [4.69, 9.17) is 26.6 Å². The van der Waals surface area contributed by atoms with Crippen molar-refractivity contribution in [2.24, 2.45) is 5.73 Å². The molecule has 0 amide bonds. The van der Waals surface area contributed by atoms with E-state index in [1.54, 1.807) is 24.3 Å². The predicted octanol–water partition coefficient (Wildman–Crippen LogP) is -0.796. The van der Waals surface area contributed by atoms with Gasteiger partial charge in [0.15, 0.2) is 17.7 Å². The molecule has 13 heteroatoms. The lowest BCUT2D eigenvalue weighted by molar-refractivity contribution is -0.138. The minimum atomic E-state index is -1.27. The highest BCUT2D eigenvalue weighted by Crippen LogP contribution is 2.32. The van der Waals surface area contributed by atoms with Crippen LogP contribution >= 0.6 is 0 Å². The number of aromatic nitrogens is 4. The number of aliphatic carboxylic acids is 1. The molecule has 5 atom stereocenters. The number of carboxylic acid groups (broad SMARTS) is 1. The second-order valence-electron chi connectivity index (χ2n) is 8.41. The normalized spacial score (nSPS) is 22.9. The van der Waals surface area contributed by atoms with Crippen molar-refractivity contribution in [2.45, 2.75) is 43.5 Å². The molecule has 1 saturated heterocycles. The molecule has 0 radical (unpaired) electrons. The Morgan fingerprint density at radius 1 is 1.23 bits per heavy atom. The van der Waals surface area contributed by atoms with Crippen LogP contribution in [0.2, 0.25) is 0 Å². The molecular formula is C22H26N8O5. The minimum Gasteiger partial charge on any atom is -0.480 e. The zero-order valence-corrected chi connectivity index (χ0v) is 18.7. The number of aliphatic hydroxyl groups is 2. The van der Waals surface area contributed by atoms with Gasteiger partial charge in [-0.15, -0.1) is 0 Å². The first-order valence-corrected chi connectivity index (χ1v) is 10.9. The molecular weight excluding hydrogens is 456 g/mol. The van der Waals surface area contributed by atoms with Gasteiger partial charge in [0.2, 0.25) is 0 Å². The number of anilines is 1. The van der Waals surface area contributed by atoms with Crippen molar-refractivity contribution in [1.82, 2.24) is 24.4 Å². The van der Waals surface area contributed by atoms with Gasteiger partial charge in [-0.3, -0.25) is 14.3 Å². The lowest BCUT2D eigenvalue weighted by Gasteiger charge is -2.27. The summed E-state index contributed by atoms with van der Waals surface area (Å²) in [6.45, 7) is 0.881. The lowest BCUT2D eigenvalue weighted by atomic mass is 10.1. The second kappa shape index (κ2) is 10.3. The van der Waals surface area contributed by atoms with E-state index in [1.165, 1.54) is 17.2 Å². The van der Waals surface area contributed by atoms with Gasteiger partial charge in [0.1, 0.15) is 36.2 Å². The highest BCUT2D eigenvalue weighted by Gasteiger charge is 2.44. The van der Waals surface area contributed by atoms with E-state index < -0.39 is 36.6 Å². The van der Waals surface area contributed by atoms with Crippen molar-refractivity contribution in [1.29, 1.82) is 5.26 Å². The fourth-order valence-corrected chi connectivity index (χ4v) is 4.04. The smallest absolute Gasteiger partial charge is 0.320 e. The average Bonchev–Trinajstić information content (AvgIpc) is 3.40. The van der Waals surface area contributed by atoms with E-state index >= 15 is 0 Å². The molecule has 0 aliphatic carbocycles.